The highest BCUT2D eigenvalue weighted by atomic mass is 35.5. The predicted molar refractivity (Wildman–Crippen MR) is 106 cm³/mol. The summed E-state index contributed by atoms with van der Waals surface area (Å²) in [6.07, 6.45) is 0. The number of halogens is 2. The van der Waals surface area contributed by atoms with Crippen LogP contribution in [0.1, 0.15) is 17.3 Å². The monoisotopic (exact) mass is 421 g/mol. The summed E-state index contributed by atoms with van der Waals surface area (Å²) in [7, 11) is 0. The van der Waals surface area contributed by atoms with E-state index in [1.807, 2.05) is 12.1 Å². The fraction of sp³-hybridized carbons (Fsp3) is 0.0556. The van der Waals surface area contributed by atoms with Crippen molar-refractivity contribution in [2.75, 3.05) is 5.17 Å². The number of hydrazine groups is 1. The molecule has 1 amide bonds. The second-order valence-corrected chi connectivity index (χ2v) is 7.06. The van der Waals surface area contributed by atoms with Gasteiger partial charge in [-0.3, -0.25) is 4.79 Å². The zero-order valence-corrected chi connectivity index (χ0v) is 16.3. The highest BCUT2D eigenvalue weighted by Gasteiger charge is 2.19. The van der Waals surface area contributed by atoms with Crippen LogP contribution >= 0.6 is 34.5 Å². The molecule has 1 heterocycles. The number of anilines is 1. The third kappa shape index (κ3) is 4.97. The molecule has 0 radical (unpaired) electrons. The molecule has 3 rings (SSSR count). The number of hydrogen-bond acceptors (Lipinski definition) is 6. The van der Waals surface area contributed by atoms with Gasteiger partial charge in [0.05, 0.1) is 5.69 Å². The first-order valence-corrected chi connectivity index (χ1v) is 9.32. The molecule has 27 heavy (non-hydrogen) atoms. The summed E-state index contributed by atoms with van der Waals surface area (Å²) in [6, 6.07) is 13.5. The van der Waals surface area contributed by atoms with Crippen molar-refractivity contribution in [1.82, 2.24) is 10.4 Å². The molecule has 138 valence electrons. The van der Waals surface area contributed by atoms with Crippen molar-refractivity contribution in [3.8, 4) is 11.3 Å². The fourth-order valence-electron chi connectivity index (χ4n) is 2.11. The first kappa shape index (κ1) is 19.2. The quantitative estimate of drug-likeness (QED) is 0.601. The summed E-state index contributed by atoms with van der Waals surface area (Å²) >= 11 is 12.9. The minimum Gasteiger partial charge on any atom is -0.318 e. The molecule has 0 saturated heterocycles. The Morgan fingerprint density at radius 2 is 1.63 bits per heavy atom. The lowest BCUT2D eigenvalue weighted by molar-refractivity contribution is -0.143. The van der Waals surface area contributed by atoms with Crippen LogP contribution in [-0.4, -0.2) is 16.9 Å². The van der Waals surface area contributed by atoms with Crippen LogP contribution in [0.3, 0.4) is 0 Å². The third-order valence-corrected chi connectivity index (χ3v) is 4.65. The molecule has 0 atom stereocenters. The van der Waals surface area contributed by atoms with Crippen molar-refractivity contribution >= 4 is 51.5 Å². The SMILES string of the molecule is CC(=O)ON(NC(=O)c1ccc(Cl)cc1)c1nc(-c2ccc(Cl)cc2)cs1. The number of hydrogen-bond donors (Lipinski definition) is 1. The van der Waals surface area contributed by atoms with E-state index in [1.54, 1.807) is 41.8 Å². The van der Waals surface area contributed by atoms with Gasteiger partial charge in [0.2, 0.25) is 5.13 Å². The van der Waals surface area contributed by atoms with Crippen LogP contribution in [0, 0.1) is 0 Å². The minimum absolute atomic E-state index is 0.289. The van der Waals surface area contributed by atoms with Crippen molar-refractivity contribution in [1.29, 1.82) is 0 Å². The van der Waals surface area contributed by atoms with Crippen molar-refractivity contribution < 1.29 is 14.4 Å². The van der Waals surface area contributed by atoms with Crippen molar-refractivity contribution in [3.63, 3.8) is 0 Å². The number of carbonyl (C=O) groups is 2. The molecule has 0 aliphatic carbocycles. The van der Waals surface area contributed by atoms with E-state index in [-0.39, 0.29) is 5.13 Å². The molecule has 9 heteroatoms. The van der Waals surface area contributed by atoms with Gasteiger partial charge in [-0.15, -0.1) is 0 Å². The molecule has 0 aliphatic heterocycles. The number of nitrogens with one attached hydrogen (secondary N) is 1. The Morgan fingerprint density at radius 3 is 2.22 bits per heavy atom. The van der Waals surface area contributed by atoms with Crippen LogP contribution in [0.4, 0.5) is 5.13 Å². The molecule has 0 saturated carbocycles. The maximum Gasteiger partial charge on any atom is 0.331 e. The van der Waals surface area contributed by atoms with Gasteiger partial charge in [0, 0.05) is 33.5 Å². The van der Waals surface area contributed by atoms with Gasteiger partial charge in [0.25, 0.3) is 5.91 Å². The first-order chi connectivity index (χ1) is 12.9. The normalized spacial score (nSPS) is 10.3. The van der Waals surface area contributed by atoms with E-state index in [4.69, 9.17) is 28.0 Å². The highest BCUT2D eigenvalue weighted by molar-refractivity contribution is 7.14. The molecule has 1 N–H and O–H groups in total. The van der Waals surface area contributed by atoms with Crippen molar-refractivity contribution in [3.05, 3.63) is 69.5 Å². The van der Waals surface area contributed by atoms with Gasteiger partial charge in [-0.25, -0.2) is 15.2 Å². The fourth-order valence-corrected chi connectivity index (χ4v) is 3.09. The molecule has 1 aromatic heterocycles. The molecular formula is C18H13Cl2N3O3S. The Morgan fingerprint density at radius 1 is 1.04 bits per heavy atom. The van der Waals surface area contributed by atoms with Gasteiger partial charge in [0.15, 0.2) is 0 Å². The molecule has 0 unspecified atom stereocenters. The summed E-state index contributed by atoms with van der Waals surface area (Å²) in [5, 5.41) is 4.15. The van der Waals surface area contributed by atoms with Crippen LogP contribution < -0.4 is 10.6 Å². The van der Waals surface area contributed by atoms with Crippen LogP contribution in [-0.2, 0) is 9.63 Å². The summed E-state index contributed by atoms with van der Waals surface area (Å²) in [4.78, 5) is 33.3. The summed E-state index contributed by atoms with van der Waals surface area (Å²) < 4.78 is 0. The Hall–Kier alpha value is -2.61. The van der Waals surface area contributed by atoms with E-state index in [2.05, 4.69) is 10.4 Å². The zero-order valence-electron chi connectivity index (χ0n) is 14.0. The molecule has 3 aromatic rings. The number of benzene rings is 2. The summed E-state index contributed by atoms with van der Waals surface area (Å²) in [5.74, 6) is -1.08. The van der Waals surface area contributed by atoms with E-state index in [1.165, 1.54) is 18.3 Å². The van der Waals surface area contributed by atoms with Gasteiger partial charge in [-0.2, -0.15) is 0 Å². The highest BCUT2D eigenvalue weighted by Crippen LogP contribution is 2.28. The molecule has 0 spiro atoms. The number of rotatable bonds is 5. The number of thiazole rings is 1. The van der Waals surface area contributed by atoms with Gasteiger partial charge >= 0.3 is 5.97 Å². The van der Waals surface area contributed by atoms with Gasteiger partial charge in [0.1, 0.15) is 0 Å². The lowest BCUT2D eigenvalue weighted by Crippen LogP contribution is -2.43. The second-order valence-electron chi connectivity index (χ2n) is 5.35. The molecule has 0 bridgehead atoms. The van der Waals surface area contributed by atoms with E-state index < -0.39 is 11.9 Å². The van der Waals surface area contributed by atoms with Crippen LogP contribution in [0.2, 0.25) is 10.0 Å². The van der Waals surface area contributed by atoms with Gasteiger partial charge in [-0.1, -0.05) is 51.8 Å². The van der Waals surface area contributed by atoms with E-state index in [0.717, 1.165) is 10.7 Å². The average Bonchev–Trinajstić information content (AvgIpc) is 3.12. The van der Waals surface area contributed by atoms with Gasteiger partial charge < -0.3 is 4.84 Å². The minimum atomic E-state index is -0.602. The largest absolute Gasteiger partial charge is 0.331 e. The predicted octanol–water partition coefficient (Wildman–Crippen LogP) is 4.75. The number of amides is 1. The number of nitrogens with zero attached hydrogens (tertiary/aromatic N) is 2. The average molecular weight is 422 g/mol. The Kier molecular flexibility index (Phi) is 5.95. The van der Waals surface area contributed by atoms with Crippen LogP contribution in [0.25, 0.3) is 11.3 Å². The van der Waals surface area contributed by atoms with E-state index in [0.29, 0.717) is 21.3 Å². The van der Waals surface area contributed by atoms with Gasteiger partial charge in [-0.05, 0) is 36.4 Å². The Bertz CT molecular complexity index is 959. The maximum atomic E-state index is 12.4. The van der Waals surface area contributed by atoms with Crippen molar-refractivity contribution in [2.45, 2.75) is 6.92 Å². The summed E-state index contributed by atoms with van der Waals surface area (Å²) in [5.41, 5.74) is 4.36. The van der Waals surface area contributed by atoms with Crippen molar-refractivity contribution in [2.24, 2.45) is 0 Å². The molecular weight excluding hydrogens is 409 g/mol. The lowest BCUT2D eigenvalue weighted by atomic mass is 10.2. The second kappa shape index (κ2) is 8.39. The van der Waals surface area contributed by atoms with Crippen LogP contribution in [0.5, 0.6) is 0 Å². The number of carbonyl (C=O) groups excluding carboxylic acids is 2. The first-order valence-electron chi connectivity index (χ1n) is 7.69. The topological polar surface area (TPSA) is 71.5 Å². The standard InChI is InChI=1S/C18H13Cl2N3O3S/c1-11(24)26-23(22-17(25)13-4-8-15(20)9-5-13)18-21-16(10-27-18)12-2-6-14(19)7-3-12/h2-10H,1H3,(H,22,25). The van der Waals surface area contributed by atoms with E-state index >= 15 is 0 Å². The smallest absolute Gasteiger partial charge is 0.318 e. The summed E-state index contributed by atoms with van der Waals surface area (Å²) in [6.45, 7) is 1.23. The molecule has 0 fully saturated rings. The van der Waals surface area contributed by atoms with E-state index in [9.17, 15) is 9.59 Å². The zero-order chi connectivity index (χ0) is 19.4. The molecule has 6 nitrogen and oxygen atoms in total. The third-order valence-electron chi connectivity index (χ3n) is 3.34. The Labute approximate surface area is 169 Å². The van der Waals surface area contributed by atoms with Crippen LogP contribution in [0.15, 0.2) is 53.9 Å². The number of aromatic nitrogens is 1. The lowest BCUT2D eigenvalue weighted by Gasteiger charge is -2.19. The molecule has 2 aromatic carbocycles. The molecule has 0 aliphatic rings. The maximum absolute atomic E-state index is 12.4. The Balaban J connectivity index is 1.82.